The Kier molecular flexibility index (Phi) is 3.30. The number of anilines is 1. The maximum Gasteiger partial charge on any atom is 0.0887 e. The normalized spacial score (nSPS) is 11.3. The van der Waals surface area contributed by atoms with E-state index in [2.05, 4.69) is 9.97 Å². The van der Waals surface area contributed by atoms with Crippen LogP contribution in [0.15, 0.2) is 42.7 Å². The molecule has 0 amide bonds. The summed E-state index contributed by atoms with van der Waals surface area (Å²) < 4.78 is 0. The van der Waals surface area contributed by atoms with E-state index in [1.54, 1.807) is 18.5 Å². The van der Waals surface area contributed by atoms with E-state index >= 15 is 0 Å². The molecule has 0 saturated heterocycles. The topological polar surface area (TPSA) is 48.9 Å². The van der Waals surface area contributed by atoms with Crippen molar-refractivity contribution < 1.29 is 5.21 Å². The van der Waals surface area contributed by atoms with Crippen LogP contribution in [0.1, 0.15) is 20.8 Å². The Hall–Kier alpha value is -1.94. The van der Waals surface area contributed by atoms with Gasteiger partial charge in [0.25, 0.3) is 0 Å². The van der Waals surface area contributed by atoms with Crippen molar-refractivity contribution in [3.05, 3.63) is 42.7 Å². The van der Waals surface area contributed by atoms with Gasteiger partial charge in [0, 0.05) is 6.20 Å². The molecule has 0 unspecified atom stereocenters. The zero-order valence-electron chi connectivity index (χ0n) is 10.8. The first-order chi connectivity index (χ1) is 8.48. The van der Waals surface area contributed by atoms with E-state index in [1.165, 1.54) is 0 Å². The van der Waals surface area contributed by atoms with Crippen molar-refractivity contribution in [2.45, 2.75) is 26.3 Å². The highest BCUT2D eigenvalue weighted by Crippen LogP contribution is 2.23. The van der Waals surface area contributed by atoms with Gasteiger partial charge in [-0.05, 0) is 45.0 Å². The van der Waals surface area contributed by atoms with Crippen molar-refractivity contribution in [2.75, 3.05) is 5.06 Å². The third-order valence-electron chi connectivity index (χ3n) is 2.52. The average Bonchev–Trinajstić information content (AvgIpc) is 2.38. The lowest BCUT2D eigenvalue weighted by Gasteiger charge is -2.28. The summed E-state index contributed by atoms with van der Waals surface area (Å²) in [6.07, 6.45) is 3.31. The Morgan fingerprint density at radius 1 is 1.00 bits per heavy atom. The van der Waals surface area contributed by atoms with Gasteiger partial charge < -0.3 is 0 Å². The molecular formula is C14H16N3O. The van der Waals surface area contributed by atoms with Crippen LogP contribution in [0.5, 0.6) is 0 Å². The molecule has 0 aliphatic rings. The van der Waals surface area contributed by atoms with Crippen LogP contribution >= 0.6 is 0 Å². The van der Waals surface area contributed by atoms with Crippen molar-refractivity contribution >= 4 is 5.69 Å². The molecule has 1 radical (unpaired) electrons. The van der Waals surface area contributed by atoms with Crippen molar-refractivity contribution in [2.24, 2.45) is 0 Å². The Morgan fingerprint density at radius 2 is 1.72 bits per heavy atom. The first kappa shape index (κ1) is 12.5. The molecule has 0 aromatic carbocycles. The highest BCUT2D eigenvalue weighted by molar-refractivity contribution is 5.57. The van der Waals surface area contributed by atoms with E-state index in [-0.39, 0.29) is 0 Å². The molecule has 0 saturated carbocycles. The van der Waals surface area contributed by atoms with Crippen LogP contribution in [0.25, 0.3) is 11.4 Å². The molecule has 0 aliphatic heterocycles. The molecule has 93 valence electrons. The van der Waals surface area contributed by atoms with Crippen molar-refractivity contribution in [3.63, 3.8) is 0 Å². The predicted molar refractivity (Wildman–Crippen MR) is 70.4 cm³/mol. The molecule has 0 atom stereocenters. The van der Waals surface area contributed by atoms with Gasteiger partial charge >= 0.3 is 0 Å². The van der Waals surface area contributed by atoms with E-state index < -0.39 is 5.54 Å². The number of pyridine rings is 2. The maximum absolute atomic E-state index is 12.0. The molecule has 2 aromatic heterocycles. The standard InChI is InChI=1S/C14H16N3O/c1-14(2,3)17(18)11-7-8-13(16-10-11)12-6-4-5-9-15-12/h4-10H,1-3H3. The lowest BCUT2D eigenvalue weighted by atomic mass is 10.1. The van der Waals surface area contributed by atoms with E-state index in [4.69, 9.17) is 0 Å². The second-order valence-electron chi connectivity index (χ2n) is 5.08. The number of rotatable bonds is 2. The molecule has 2 aromatic rings. The quantitative estimate of drug-likeness (QED) is 0.760. The van der Waals surface area contributed by atoms with Crippen LogP contribution in [-0.2, 0) is 5.21 Å². The lowest BCUT2D eigenvalue weighted by molar-refractivity contribution is 0.102. The summed E-state index contributed by atoms with van der Waals surface area (Å²) in [5.41, 5.74) is 1.66. The lowest BCUT2D eigenvalue weighted by Crippen LogP contribution is -2.37. The fraction of sp³-hybridized carbons (Fsp3) is 0.286. The van der Waals surface area contributed by atoms with Gasteiger partial charge in [0.1, 0.15) is 0 Å². The summed E-state index contributed by atoms with van der Waals surface area (Å²) in [5.74, 6) is 0. The molecule has 2 rings (SSSR count). The van der Waals surface area contributed by atoms with Crippen molar-refractivity contribution in [3.8, 4) is 11.4 Å². The highest BCUT2D eigenvalue weighted by Gasteiger charge is 2.21. The van der Waals surface area contributed by atoms with Gasteiger partial charge in [-0.1, -0.05) is 11.3 Å². The van der Waals surface area contributed by atoms with Gasteiger partial charge in [-0.3, -0.25) is 9.97 Å². The summed E-state index contributed by atoms with van der Waals surface area (Å²) in [4.78, 5) is 8.50. The van der Waals surface area contributed by atoms with Gasteiger partial charge in [0.2, 0.25) is 0 Å². The molecule has 4 nitrogen and oxygen atoms in total. The fourth-order valence-electron chi connectivity index (χ4n) is 1.56. The Labute approximate surface area is 107 Å². The van der Waals surface area contributed by atoms with Crippen LogP contribution < -0.4 is 5.06 Å². The smallest absolute Gasteiger partial charge is 0.0887 e. The Balaban J connectivity index is 2.26. The van der Waals surface area contributed by atoms with Gasteiger partial charge in [-0.25, -0.2) is 5.06 Å². The molecule has 2 heterocycles. The van der Waals surface area contributed by atoms with Crippen molar-refractivity contribution in [1.82, 2.24) is 9.97 Å². The number of hydrogen-bond acceptors (Lipinski definition) is 3. The van der Waals surface area contributed by atoms with Gasteiger partial charge in [-0.15, -0.1) is 0 Å². The van der Waals surface area contributed by atoms with Crippen molar-refractivity contribution in [1.29, 1.82) is 0 Å². The summed E-state index contributed by atoms with van der Waals surface area (Å²) in [5, 5.41) is 12.9. The molecule has 0 spiro atoms. The Bertz CT molecular complexity index is 503. The van der Waals surface area contributed by atoms with E-state index in [0.717, 1.165) is 16.5 Å². The SMILES string of the molecule is CC(C)(C)N([O])c1ccc(-c2ccccn2)nc1. The number of nitrogens with zero attached hydrogens (tertiary/aromatic N) is 3. The third kappa shape index (κ3) is 2.65. The first-order valence-electron chi connectivity index (χ1n) is 5.83. The number of hydroxylamine groups is 1. The zero-order chi connectivity index (χ0) is 13.2. The Morgan fingerprint density at radius 3 is 2.22 bits per heavy atom. The van der Waals surface area contributed by atoms with Crippen LogP contribution in [-0.4, -0.2) is 15.5 Å². The summed E-state index contributed by atoms with van der Waals surface area (Å²) >= 11 is 0. The van der Waals surface area contributed by atoms with Crippen LogP contribution in [0.2, 0.25) is 0 Å². The molecule has 0 bridgehead atoms. The largest absolute Gasteiger partial charge is 0.255 e. The van der Waals surface area contributed by atoms with E-state index in [0.29, 0.717) is 5.69 Å². The van der Waals surface area contributed by atoms with E-state index in [9.17, 15) is 5.21 Å². The minimum absolute atomic E-state index is 0.464. The van der Waals surface area contributed by atoms with Crippen LogP contribution in [0.3, 0.4) is 0 Å². The molecule has 0 N–H and O–H groups in total. The molecule has 0 aliphatic carbocycles. The number of hydrogen-bond donors (Lipinski definition) is 0. The van der Waals surface area contributed by atoms with Crippen LogP contribution in [0, 0.1) is 0 Å². The predicted octanol–water partition coefficient (Wildman–Crippen LogP) is 3.09. The molecule has 4 heteroatoms. The zero-order valence-corrected chi connectivity index (χ0v) is 10.8. The summed E-state index contributed by atoms with van der Waals surface area (Å²) in [6.45, 7) is 5.60. The van der Waals surface area contributed by atoms with E-state index in [1.807, 2.05) is 45.0 Å². The monoisotopic (exact) mass is 242 g/mol. The second-order valence-corrected chi connectivity index (χ2v) is 5.08. The molecule has 18 heavy (non-hydrogen) atoms. The molecular weight excluding hydrogens is 226 g/mol. The average molecular weight is 242 g/mol. The van der Waals surface area contributed by atoms with Crippen LogP contribution in [0.4, 0.5) is 5.69 Å². The minimum Gasteiger partial charge on any atom is -0.255 e. The number of aromatic nitrogens is 2. The fourth-order valence-corrected chi connectivity index (χ4v) is 1.56. The molecule has 0 fully saturated rings. The minimum atomic E-state index is -0.464. The van der Waals surface area contributed by atoms with Gasteiger partial charge in [-0.2, -0.15) is 0 Å². The highest BCUT2D eigenvalue weighted by atomic mass is 16.5. The third-order valence-corrected chi connectivity index (χ3v) is 2.52. The van der Waals surface area contributed by atoms with Gasteiger partial charge in [0.15, 0.2) is 0 Å². The van der Waals surface area contributed by atoms with Gasteiger partial charge in [0.05, 0.1) is 28.8 Å². The maximum atomic E-state index is 12.0. The second kappa shape index (κ2) is 4.74. The first-order valence-corrected chi connectivity index (χ1v) is 5.83. The summed E-state index contributed by atoms with van der Waals surface area (Å²) in [6, 6.07) is 9.24. The summed E-state index contributed by atoms with van der Waals surface area (Å²) in [7, 11) is 0.